The molecular weight excluding hydrogens is 501 g/mol. The first-order valence-electron chi connectivity index (χ1n) is 9.97. The van der Waals surface area contributed by atoms with Crippen molar-refractivity contribution in [3.63, 3.8) is 0 Å². The summed E-state index contributed by atoms with van der Waals surface area (Å²) in [6, 6.07) is 24.9. The maximum absolute atomic E-state index is 12.7. The summed E-state index contributed by atoms with van der Waals surface area (Å²) in [5.74, 6) is 0.265. The van der Waals surface area contributed by atoms with Crippen molar-refractivity contribution >= 4 is 63.7 Å². The molecule has 0 aliphatic heterocycles. The van der Waals surface area contributed by atoms with Crippen molar-refractivity contribution in [2.45, 2.75) is 16.4 Å². The first-order chi connectivity index (χ1) is 15.8. The SMILES string of the molecule is COc1ccccc1NC(=S)NC(NC(=O)Cc1ccc(-c2ccccc2)cc1)C(Cl)(Cl)Cl. The van der Waals surface area contributed by atoms with Gasteiger partial charge in [0.15, 0.2) is 5.11 Å². The van der Waals surface area contributed by atoms with E-state index < -0.39 is 9.96 Å². The van der Waals surface area contributed by atoms with E-state index in [1.807, 2.05) is 66.7 Å². The Bertz CT molecular complexity index is 1090. The minimum absolute atomic E-state index is 0.112. The van der Waals surface area contributed by atoms with Gasteiger partial charge in [-0.3, -0.25) is 4.79 Å². The molecule has 0 fully saturated rings. The minimum atomic E-state index is -1.85. The maximum atomic E-state index is 12.7. The van der Waals surface area contributed by atoms with E-state index in [4.69, 9.17) is 51.8 Å². The number of nitrogens with one attached hydrogen (secondary N) is 3. The van der Waals surface area contributed by atoms with Crippen molar-refractivity contribution < 1.29 is 9.53 Å². The first-order valence-corrected chi connectivity index (χ1v) is 11.5. The van der Waals surface area contributed by atoms with Gasteiger partial charge < -0.3 is 20.7 Å². The summed E-state index contributed by atoms with van der Waals surface area (Å²) in [4.78, 5) is 12.7. The van der Waals surface area contributed by atoms with Crippen LogP contribution in [-0.4, -0.2) is 28.1 Å². The number of halogens is 3. The molecule has 1 unspecified atom stereocenters. The van der Waals surface area contributed by atoms with Crippen LogP contribution in [0.2, 0.25) is 0 Å². The third-order valence-electron chi connectivity index (χ3n) is 4.69. The van der Waals surface area contributed by atoms with Gasteiger partial charge in [-0.2, -0.15) is 0 Å². The van der Waals surface area contributed by atoms with Gasteiger partial charge in [0.1, 0.15) is 11.9 Å². The van der Waals surface area contributed by atoms with Gasteiger partial charge in [-0.05, 0) is 41.0 Å². The van der Waals surface area contributed by atoms with Crippen LogP contribution in [0.1, 0.15) is 5.56 Å². The number of benzene rings is 3. The summed E-state index contributed by atoms with van der Waals surface area (Å²) < 4.78 is 3.44. The van der Waals surface area contributed by atoms with Crippen molar-refractivity contribution in [2.75, 3.05) is 12.4 Å². The Hall–Kier alpha value is -2.51. The van der Waals surface area contributed by atoms with Crippen LogP contribution >= 0.6 is 47.0 Å². The quantitative estimate of drug-likeness (QED) is 0.211. The van der Waals surface area contributed by atoms with E-state index in [2.05, 4.69) is 16.0 Å². The lowest BCUT2D eigenvalue weighted by molar-refractivity contribution is -0.121. The normalized spacial score (nSPS) is 11.9. The monoisotopic (exact) mass is 521 g/mol. The lowest BCUT2D eigenvalue weighted by Gasteiger charge is -2.28. The fraction of sp³-hybridized carbons (Fsp3) is 0.167. The largest absolute Gasteiger partial charge is 0.495 e. The number of thiocarbonyl (C=S) groups is 1. The fourth-order valence-corrected chi connectivity index (χ4v) is 3.64. The smallest absolute Gasteiger partial charge is 0.228 e. The predicted molar refractivity (Wildman–Crippen MR) is 140 cm³/mol. The van der Waals surface area contributed by atoms with Crippen molar-refractivity contribution in [3.05, 3.63) is 84.4 Å². The number of carbonyl (C=O) groups is 1. The standard InChI is InChI=1S/C24H22Cl3N3O2S/c1-32-20-10-6-5-9-19(20)28-23(33)30-22(24(25,26)27)29-21(31)15-16-11-13-18(14-12-16)17-7-3-2-4-8-17/h2-14,22H,15H2,1H3,(H,29,31)(H2,28,30,33). The number of hydrogen-bond donors (Lipinski definition) is 3. The summed E-state index contributed by atoms with van der Waals surface area (Å²) in [7, 11) is 1.55. The molecule has 0 bridgehead atoms. The van der Waals surface area contributed by atoms with Crippen LogP contribution in [0.25, 0.3) is 11.1 Å². The molecule has 0 aliphatic rings. The molecule has 9 heteroatoms. The topological polar surface area (TPSA) is 62.4 Å². The number of carbonyl (C=O) groups excluding carboxylic acids is 1. The minimum Gasteiger partial charge on any atom is -0.495 e. The second kappa shape index (κ2) is 11.6. The Morgan fingerprint density at radius 3 is 2.15 bits per heavy atom. The van der Waals surface area contributed by atoms with Gasteiger partial charge in [0.25, 0.3) is 0 Å². The zero-order valence-electron chi connectivity index (χ0n) is 17.6. The first kappa shape index (κ1) is 25.1. The van der Waals surface area contributed by atoms with E-state index >= 15 is 0 Å². The Morgan fingerprint density at radius 1 is 0.909 bits per heavy atom. The Labute approximate surface area is 213 Å². The van der Waals surface area contributed by atoms with Crippen molar-refractivity contribution in [1.82, 2.24) is 10.6 Å². The van der Waals surface area contributed by atoms with Crippen LogP contribution < -0.4 is 20.7 Å². The van der Waals surface area contributed by atoms with E-state index in [9.17, 15) is 4.79 Å². The number of anilines is 1. The van der Waals surface area contributed by atoms with Gasteiger partial charge in [0.05, 0.1) is 19.2 Å². The van der Waals surface area contributed by atoms with Crippen LogP contribution in [0.5, 0.6) is 5.75 Å². The van der Waals surface area contributed by atoms with Crippen molar-refractivity contribution in [3.8, 4) is 16.9 Å². The van der Waals surface area contributed by atoms with E-state index in [0.29, 0.717) is 11.4 Å². The predicted octanol–water partition coefficient (Wildman–Crippen LogP) is 5.70. The summed E-state index contributed by atoms with van der Waals surface area (Å²) in [6.07, 6.45) is -0.950. The van der Waals surface area contributed by atoms with Gasteiger partial charge >= 0.3 is 0 Å². The summed E-state index contributed by atoms with van der Waals surface area (Å²) in [5.41, 5.74) is 3.62. The number of methoxy groups -OCH3 is 1. The zero-order chi connectivity index (χ0) is 23.8. The van der Waals surface area contributed by atoms with Gasteiger partial charge in [0.2, 0.25) is 9.70 Å². The molecule has 0 radical (unpaired) electrons. The van der Waals surface area contributed by atoms with Crippen molar-refractivity contribution in [1.29, 1.82) is 0 Å². The molecular formula is C24H22Cl3N3O2S. The van der Waals surface area contributed by atoms with E-state index in [1.54, 1.807) is 19.2 Å². The molecule has 5 nitrogen and oxygen atoms in total. The average molecular weight is 523 g/mol. The maximum Gasteiger partial charge on any atom is 0.228 e. The van der Waals surface area contributed by atoms with E-state index in [0.717, 1.165) is 16.7 Å². The Balaban J connectivity index is 1.61. The van der Waals surface area contributed by atoms with Gasteiger partial charge in [-0.1, -0.05) is 102 Å². The summed E-state index contributed by atoms with van der Waals surface area (Å²) in [6.45, 7) is 0. The number of amides is 1. The van der Waals surface area contributed by atoms with Crippen LogP contribution in [0.15, 0.2) is 78.9 Å². The number of ether oxygens (including phenoxy) is 1. The highest BCUT2D eigenvalue weighted by Gasteiger charge is 2.34. The van der Waals surface area contributed by atoms with Crippen molar-refractivity contribution in [2.24, 2.45) is 0 Å². The van der Waals surface area contributed by atoms with Gasteiger partial charge in [-0.15, -0.1) is 0 Å². The molecule has 0 aromatic heterocycles. The molecule has 3 rings (SSSR count). The lowest BCUT2D eigenvalue weighted by atomic mass is 10.0. The lowest BCUT2D eigenvalue weighted by Crippen LogP contribution is -2.56. The number of hydrogen-bond acceptors (Lipinski definition) is 3. The van der Waals surface area contributed by atoms with Gasteiger partial charge in [-0.25, -0.2) is 0 Å². The molecule has 3 N–H and O–H groups in total. The molecule has 0 heterocycles. The van der Waals surface area contributed by atoms with Crippen LogP contribution in [0, 0.1) is 0 Å². The molecule has 0 saturated carbocycles. The molecule has 3 aromatic rings. The highest BCUT2D eigenvalue weighted by Crippen LogP contribution is 2.30. The summed E-state index contributed by atoms with van der Waals surface area (Å²) in [5, 5.41) is 8.67. The highest BCUT2D eigenvalue weighted by molar-refractivity contribution is 7.80. The molecule has 172 valence electrons. The van der Waals surface area contributed by atoms with E-state index in [-0.39, 0.29) is 17.4 Å². The third-order valence-corrected chi connectivity index (χ3v) is 5.56. The van der Waals surface area contributed by atoms with Crippen LogP contribution in [-0.2, 0) is 11.2 Å². The third kappa shape index (κ3) is 7.51. The number of rotatable bonds is 7. The molecule has 1 atom stereocenters. The molecule has 1 amide bonds. The van der Waals surface area contributed by atoms with Crippen LogP contribution in [0.4, 0.5) is 5.69 Å². The van der Waals surface area contributed by atoms with Gasteiger partial charge in [0, 0.05) is 0 Å². The molecule has 0 saturated heterocycles. The second-order valence-corrected chi connectivity index (χ2v) is 9.86. The molecule has 33 heavy (non-hydrogen) atoms. The zero-order valence-corrected chi connectivity index (χ0v) is 20.7. The molecule has 0 aliphatic carbocycles. The molecule has 3 aromatic carbocycles. The summed E-state index contributed by atoms with van der Waals surface area (Å²) >= 11 is 23.6. The van der Waals surface area contributed by atoms with Crippen LogP contribution in [0.3, 0.4) is 0 Å². The van der Waals surface area contributed by atoms with E-state index in [1.165, 1.54) is 0 Å². The Morgan fingerprint density at radius 2 is 1.52 bits per heavy atom. The Kier molecular flexibility index (Phi) is 8.80. The second-order valence-electron chi connectivity index (χ2n) is 7.08. The fourth-order valence-electron chi connectivity index (χ4n) is 3.08. The highest BCUT2D eigenvalue weighted by atomic mass is 35.6. The number of para-hydroxylation sites is 2. The average Bonchev–Trinajstić information content (AvgIpc) is 2.79. The number of alkyl halides is 3. The molecule has 0 spiro atoms.